The Bertz CT molecular complexity index is 501. The topological polar surface area (TPSA) is 41.6 Å². The Morgan fingerprint density at radius 2 is 2.40 bits per heavy atom. The number of morpholine rings is 1. The van der Waals surface area contributed by atoms with Crippen LogP contribution in [0.1, 0.15) is 34.8 Å². The average molecular weight is 274 g/mol. The highest BCUT2D eigenvalue weighted by Gasteiger charge is 2.28. The highest BCUT2D eigenvalue weighted by molar-refractivity contribution is 5.96. The van der Waals surface area contributed by atoms with Gasteiger partial charge in [0.2, 0.25) is 0 Å². The molecule has 20 heavy (non-hydrogen) atoms. The van der Waals surface area contributed by atoms with E-state index in [-0.39, 0.29) is 11.9 Å². The van der Waals surface area contributed by atoms with Crippen LogP contribution in [0, 0.1) is 0 Å². The molecule has 1 unspecified atom stereocenters. The van der Waals surface area contributed by atoms with E-state index in [2.05, 4.69) is 18.3 Å². The van der Waals surface area contributed by atoms with Crippen LogP contribution in [-0.2, 0) is 17.7 Å². The predicted molar refractivity (Wildman–Crippen MR) is 77.8 cm³/mol. The van der Waals surface area contributed by atoms with Gasteiger partial charge in [0, 0.05) is 18.7 Å². The van der Waals surface area contributed by atoms with Crippen molar-refractivity contribution < 1.29 is 9.53 Å². The maximum atomic E-state index is 12.9. The van der Waals surface area contributed by atoms with E-state index in [0.717, 1.165) is 31.5 Å². The van der Waals surface area contributed by atoms with Gasteiger partial charge in [0.05, 0.1) is 19.3 Å². The van der Waals surface area contributed by atoms with Gasteiger partial charge in [-0.2, -0.15) is 0 Å². The van der Waals surface area contributed by atoms with E-state index in [1.807, 2.05) is 17.0 Å². The van der Waals surface area contributed by atoms with Gasteiger partial charge in [-0.25, -0.2) is 0 Å². The molecule has 2 heterocycles. The molecule has 1 N–H and O–H groups in total. The quantitative estimate of drug-likeness (QED) is 0.890. The lowest BCUT2D eigenvalue weighted by molar-refractivity contribution is -0.00286. The fourth-order valence-corrected chi connectivity index (χ4v) is 3.15. The van der Waals surface area contributed by atoms with Gasteiger partial charge in [0.25, 0.3) is 5.91 Å². The van der Waals surface area contributed by atoms with Crippen LogP contribution in [0.2, 0.25) is 0 Å². The number of benzene rings is 1. The highest BCUT2D eigenvalue weighted by Crippen LogP contribution is 2.22. The molecule has 1 fully saturated rings. The third kappa shape index (κ3) is 2.45. The zero-order valence-corrected chi connectivity index (χ0v) is 12.0. The molecule has 1 aromatic carbocycles. The normalized spacial score (nSPS) is 22.4. The fourth-order valence-electron chi connectivity index (χ4n) is 3.15. The molecule has 2 aliphatic rings. The van der Waals surface area contributed by atoms with Crippen molar-refractivity contribution in [3.8, 4) is 0 Å². The lowest BCUT2D eigenvalue weighted by Gasteiger charge is -2.36. The van der Waals surface area contributed by atoms with Crippen molar-refractivity contribution in [2.75, 3.05) is 26.3 Å². The molecule has 0 spiro atoms. The van der Waals surface area contributed by atoms with E-state index in [9.17, 15) is 4.79 Å². The number of fused-ring (bicyclic) bond motifs is 1. The molecule has 0 aromatic heterocycles. The Hall–Kier alpha value is -1.39. The average Bonchev–Trinajstić information content (AvgIpc) is 2.53. The molecular weight excluding hydrogens is 252 g/mol. The summed E-state index contributed by atoms with van der Waals surface area (Å²) in [5.41, 5.74) is 3.39. The van der Waals surface area contributed by atoms with Gasteiger partial charge in [0.15, 0.2) is 0 Å². The van der Waals surface area contributed by atoms with Gasteiger partial charge in [-0.05, 0) is 36.6 Å². The maximum absolute atomic E-state index is 12.9. The number of amides is 1. The molecule has 108 valence electrons. The van der Waals surface area contributed by atoms with Crippen molar-refractivity contribution in [1.29, 1.82) is 0 Å². The van der Waals surface area contributed by atoms with Crippen LogP contribution in [-0.4, -0.2) is 43.2 Å². The van der Waals surface area contributed by atoms with E-state index in [4.69, 9.17) is 4.74 Å². The van der Waals surface area contributed by atoms with E-state index < -0.39 is 0 Å². The fraction of sp³-hybridized carbons (Fsp3) is 0.562. The first-order chi connectivity index (χ1) is 9.81. The van der Waals surface area contributed by atoms with E-state index in [0.29, 0.717) is 19.8 Å². The lowest BCUT2D eigenvalue weighted by Crippen LogP contribution is -2.48. The zero-order valence-electron chi connectivity index (χ0n) is 12.0. The van der Waals surface area contributed by atoms with Gasteiger partial charge >= 0.3 is 0 Å². The van der Waals surface area contributed by atoms with Crippen LogP contribution in [0.15, 0.2) is 18.2 Å². The molecule has 4 nitrogen and oxygen atoms in total. The van der Waals surface area contributed by atoms with Crippen LogP contribution in [0.25, 0.3) is 0 Å². The minimum atomic E-state index is 0.180. The van der Waals surface area contributed by atoms with E-state index >= 15 is 0 Å². The minimum absolute atomic E-state index is 0.180. The Labute approximate surface area is 120 Å². The van der Waals surface area contributed by atoms with Crippen molar-refractivity contribution in [2.24, 2.45) is 0 Å². The first-order valence-electron chi connectivity index (χ1n) is 7.51. The summed E-state index contributed by atoms with van der Waals surface area (Å²) in [5, 5.41) is 3.36. The molecule has 0 radical (unpaired) electrons. The van der Waals surface area contributed by atoms with E-state index in [1.54, 1.807) is 0 Å². The molecule has 0 aliphatic carbocycles. The first kappa shape index (κ1) is 13.6. The molecule has 1 atom stereocenters. The SMILES string of the molecule is CCC1COCCN1C(=O)c1cccc2c1CCNC2. The lowest BCUT2D eigenvalue weighted by atomic mass is 9.94. The number of rotatable bonds is 2. The van der Waals surface area contributed by atoms with Crippen LogP contribution in [0.4, 0.5) is 0 Å². The third-order valence-electron chi connectivity index (χ3n) is 4.33. The standard InChI is InChI=1S/C16H22N2O2/c1-2-13-11-20-9-8-18(13)16(19)15-5-3-4-12-10-17-7-6-14(12)15/h3-5,13,17H,2,6-11H2,1H3. The van der Waals surface area contributed by atoms with Gasteiger partial charge in [0.1, 0.15) is 0 Å². The summed E-state index contributed by atoms with van der Waals surface area (Å²) in [6.45, 7) is 5.97. The second kappa shape index (κ2) is 5.94. The molecule has 3 rings (SSSR count). The summed E-state index contributed by atoms with van der Waals surface area (Å²) >= 11 is 0. The minimum Gasteiger partial charge on any atom is -0.377 e. The number of hydrogen-bond acceptors (Lipinski definition) is 3. The largest absolute Gasteiger partial charge is 0.377 e. The Kier molecular flexibility index (Phi) is 4.03. The summed E-state index contributed by atoms with van der Waals surface area (Å²) < 4.78 is 5.50. The van der Waals surface area contributed by atoms with Gasteiger partial charge in [-0.15, -0.1) is 0 Å². The van der Waals surface area contributed by atoms with Crippen molar-refractivity contribution >= 4 is 5.91 Å². The zero-order chi connectivity index (χ0) is 13.9. The van der Waals surface area contributed by atoms with Crippen molar-refractivity contribution in [1.82, 2.24) is 10.2 Å². The van der Waals surface area contributed by atoms with Crippen molar-refractivity contribution in [3.63, 3.8) is 0 Å². The number of hydrogen-bond donors (Lipinski definition) is 1. The summed E-state index contributed by atoms with van der Waals surface area (Å²) in [7, 11) is 0. The Morgan fingerprint density at radius 3 is 3.25 bits per heavy atom. The molecule has 2 aliphatic heterocycles. The first-order valence-corrected chi connectivity index (χ1v) is 7.51. The van der Waals surface area contributed by atoms with Crippen molar-refractivity contribution in [3.05, 3.63) is 34.9 Å². The molecule has 1 aromatic rings. The molecule has 0 bridgehead atoms. The van der Waals surface area contributed by atoms with Crippen LogP contribution >= 0.6 is 0 Å². The Morgan fingerprint density at radius 1 is 1.50 bits per heavy atom. The third-order valence-corrected chi connectivity index (χ3v) is 4.33. The number of carbonyl (C=O) groups excluding carboxylic acids is 1. The smallest absolute Gasteiger partial charge is 0.254 e. The molecule has 1 amide bonds. The van der Waals surface area contributed by atoms with Gasteiger partial charge < -0.3 is 15.0 Å². The highest BCUT2D eigenvalue weighted by atomic mass is 16.5. The second-order valence-corrected chi connectivity index (χ2v) is 5.51. The molecule has 4 heteroatoms. The van der Waals surface area contributed by atoms with Gasteiger partial charge in [-0.1, -0.05) is 19.1 Å². The number of ether oxygens (including phenoxy) is 1. The molecule has 0 saturated carbocycles. The maximum Gasteiger partial charge on any atom is 0.254 e. The predicted octanol–water partition coefficient (Wildman–Crippen LogP) is 1.58. The van der Waals surface area contributed by atoms with Crippen LogP contribution < -0.4 is 5.32 Å². The second-order valence-electron chi connectivity index (χ2n) is 5.51. The number of nitrogens with zero attached hydrogens (tertiary/aromatic N) is 1. The van der Waals surface area contributed by atoms with Crippen molar-refractivity contribution in [2.45, 2.75) is 32.4 Å². The monoisotopic (exact) mass is 274 g/mol. The van der Waals surface area contributed by atoms with Gasteiger partial charge in [-0.3, -0.25) is 4.79 Å². The summed E-state index contributed by atoms with van der Waals surface area (Å²) in [6.07, 6.45) is 1.89. The van der Waals surface area contributed by atoms with Crippen LogP contribution in [0.5, 0.6) is 0 Å². The summed E-state index contributed by atoms with van der Waals surface area (Å²) in [6, 6.07) is 6.32. The number of carbonyl (C=O) groups is 1. The number of nitrogens with one attached hydrogen (secondary N) is 1. The summed E-state index contributed by atoms with van der Waals surface area (Å²) in [5.74, 6) is 0.180. The van der Waals surface area contributed by atoms with E-state index in [1.165, 1.54) is 11.1 Å². The molecule has 1 saturated heterocycles. The Balaban J connectivity index is 1.90. The van der Waals surface area contributed by atoms with Crippen LogP contribution in [0.3, 0.4) is 0 Å². The molecular formula is C16H22N2O2. The summed E-state index contributed by atoms with van der Waals surface area (Å²) in [4.78, 5) is 14.9.